The highest BCUT2D eigenvalue weighted by molar-refractivity contribution is 6.13. The molecule has 0 unspecified atom stereocenters. The summed E-state index contributed by atoms with van der Waals surface area (Å²) in [6.45, 7) is 3.89. The molecule has 0 saturated heterocycles. The lowest BCUT2D eigenvalue weighted by Gasteiger charge is -2.13. The Kier molecular flexibility index (Phi) is 14.1. The summed E-state index contributed by atoms with van der Waals surface area (Å²) in [5, 5.41) is 34.2. The molecule has 0 fully saturated rings. The van der Waals surface area contributed by atoms with E-state index in [0.717, 1.165) is 5.56 Å². The second kappa shape index (κ2) is 15.7. The van der Waals surface area contributed by atoms with Gasteiger partial charge in [-0.25, -0.2) is 4.79 Å². The molecule has 0 saturated carbocycles. The van der Waals surface area contributed by atoms with E-state index in [1.807, 2.05) is 44.2 Å². The summed E-state index contributed by atoms with van der Waals surface area (Å²) in [4.78, 5) is 33.1. The van der Waals surface area contributed by atoms with Crippen LogP contribution in [0.25, 0.3) is 0 Å². The standard InChI is InChI=1S/C14H13NO4.C6H13NO2.BH3O2/c16-13(11-6-7-19-9-11)15-12(14(17)18)8-10-4-2-1-3-5-10;1-4(2)3-5(7)6(8)9;2-1-3/h1-7,9,12H,8H2,(H,15,16)(H,17,18);4-5H,3,7H2,1-2H3,(H,8,9);1-3H/t12-;5-;/m00./s1. The van der Waals surface area contributed by atoms with Crippen LogP contribution in [0.1, 0.15) is 36.2 Å². The molecule has 0 aliphatic rings. The van der Waals surface area contributed by atoms with Gasteiger partial charge < -0.3 is 35.7 Å². The molecule has 1 heterocycles. The largest absolute Gasteiger partial charge is 0.480 e. The summed E-state index contributed by atoms with van der Waals surface area (Å²) in [5.74, 6) is -2.09. The van der Waals surface area contributed by atoms with Gasteiger partial charge >= 0.3 is 19.6 Å². The summed E-state index contributed by atoms with van der Waals surface area (Å²) in [7, 11) is -0.750. The van der Waals surface area contributed by atoms with Gasteiger partial charge in [0.1, 0.15) is 18.3 Å². The molecule has 10 nitrogen and oxygen atoms in total. The van der Waals surface area contributed by atoms with Crippen LogP contribution in [0.4, 0.5) is 0 Å². The fourth-order valence-electron chi connectivity index (χ4n) is 2.29. The van der Waals surface area contributed by atoms with E-state index in [4.69, 9.17) is 30.4 Å². The lowest BCUT2D eigenvalue weighted by atomic mass is 10.1. The highest BCUT2D eigenvalue weighted by Crippen LogP contribution is 2.06. The molecule has 0 aliphatic heterocycles. The van der Waals surface area contributed by atoms with E-state index < -0.39 is 37.6 Å². The number of benzene rings is 1. The highest BCUT2D eigenvalue weighted by atomic mass is 16.4. The Morgan fingerprint density at radius 2 is 1.65 bits per heavy atom. The first-order valence-electron chi connectivity index (χ1n) is 9.42. The number of furan rings is 1. The predicted octanol–water partition coefficient (Wildman–Crippen LogP) is 0.387. The lowest BCUT2D eigenvalue weighted by Crippen LogP contribution is -2.42. The molecule has 1 aromatic heterocycles. The Labute approximate surface area is 181 Å². The van der Waals surface area contributed by atoms with Crippen molar-refractivity contribution in [2.45, 2.75) is 38.8 Å². The van der Waals surface area contributed by atoms with Crippen LogP contribution in [0.2, 0.25) is 0 Å². The highest BCUT2D eigenvalue weighted by Gasteiger charge is 2.21. The third-order valence-electron chi connectivity index (χ3n) is 3.71. The molecule has 2 aromatic rings. The van der Waals surface area contributed by atoms with Crippen molar-refractivity contribution in [3.8, 4) is 0 Å². The van der Waals surface area contributed by atoms with E-state index >= 15 is 0 Å². The van der Waals surface area contributed by atoms with Gasteiger partial charge in [-0.1, -0.05) is 44.2 Å². The first-order chi connectivity index (χ1) is 14.6. The maximum Gasteiger partial charge on any atom is 0.432 e. The summed E-state index contributed by atoms with van der Waals surface area (Å²) < 4.78 is 4.79. The van der Waals surface area contributed by atoms with E-state index in [2.05, 4.69) is 5.32 Å². The lowest BCUT2D eigenvalue weighted by molar-refractivity contribution is -0.140. The van der Waals surface area contributed by atoms with E-state index in [1.165, 1.54) is 18.6 Å². The van der Waals surface area contributed by atoms with Gasteiger partial charge in [0, 0.05) is 6.42 Å². The minimum atomic E-state index is -1.07. The third-order valence-corrected chi connectivity index (χ3v) is 3.71. The first kappa shape index (κ1) is 27.9. The molecule has 31 heavy (non-hydrogen) atoms. The Bertz CT molecular complexity index is 769. The van der Waals surface area contributed by atoms with Crippen molar-refractivity contribution >= 4 is 25.5 Å². The van der Waals surface area contributed by atoms with Crippen LogP contribution < -0.4 is 11.1 Å². The number of carboxylic acid groups (broad SMARTS) is 2. The minimum Gasteiger partial charge on any atom is -0.480 e. The van der Waals surface area contributed by atoms with E-state index in [1.54, 1.807) is 0 Å². The summed E-state index contributed by atoms with van der Waals surface area (Å²) in [6, 6.07) is 8.97. The van der Waals surface area contributed by atoms with Crippen LogP contribution in [0, 0.1) is 5.92 Å². The number of aliphatic carboxylic acids is 2. The molecule has 0 spiro atoms. The second-order valence-corrected chi connectivity index (χ2v) is 6.78. The normalized spacial score (nSPS) is 11.7. The molecule has 0 bridgehead atoms. The van der Waals surface area contributed by atoms with E-state index in [-0.39, 0.29) is 6.42 Å². The molecule has 11 heteroatoms. The van der Waals surface area contributed by atoms with Gasteiger partial charge in [-0.3, -0.25) is 9.59 Å². The Morgan fingerprint density at radius 1 is 1.06 bits per heavy atom. The summed E-state index contributed by atoms with van der Waals surface area (Å²) >= 11 is 0. The maximum atomic E-state index is 11.8. The molecule has 170 valence electrons. The van der Waals surface area contributed by atoms with Crippen molar-refractivity contribution in [2.75, 3.05) is 0 Å². The molecule has 1 amide bonds. The van der Waals surface area contributed by atoms with Gasteiger partial charge in [0.15, 0.2) is 0 Å². The number of hydrogen-bond donors (Lipinski definition) is 6. The fourth-order valence-corrected chi connectivity index (χ4v) is 2.29. The molecule has 2 atom stereocenters. The van der Waals surface area contributed by atoms with Crippen LogP contribution in [0.15, 0.2) is 53.3 Å². The third kappa shape index (κ3) is 12.9. The quantitative estimate of drug-likeness (QED) is 0.319. The molecular weight excluding hydrogens is 407 g/mol. The molecular formula is C20H29BN2O8. The van der Waals surface area contributed by atoms with Gasteiger partial charge in [-0.15, -0.1) is 0 Å². The number of nitrogens with one attached hydrogen (secondary N) is 1. The number of amides is 1. The maximum absolute atomic E-state index is 11.8. The summed E-state index contributed by atoms with van der Waals surface area (Å²) in [6.07, 6.45) is 3.42. The summed E-state index contributed by atoms with van der Waals surface area (Å²) in [5.41, 5.74) is 6.37. The predicted molar refractivity (Wildman–Crippen MR) is 114 cm³/mol. The van der Waals surface area contributed by atoms with Crippen LogP contribution in [-0.4, -0.2) is 57.9 Å². The van der Waals surface area contributed by atoms with Gasteiger partial charge in [0.05, 0.1) is 11.8 Å². The number of rotatable bonds is 8. The van der Waals surface area contributed by atoms with Crippen molar-refractivity contribution in [1.29, 1.82) is 0 Å². The van der Waals surface area contributed by atoms with Crippen molar-refractivity contribution < 1.29 is 39.1 Å². The zero-order chi connectivity index (χ0) is 23.8. The SMILES string of the molecule is CC(C)C[C@H](N)C(=O)O.O=C(N[C@@H](Cc1ccccc1)C(=O)O)c1ccoc1.OBO. The number of carboxylic acids is 2. The molecule has 7 N–H and O–H groups in total. The molecule has 0 aliphatic carbocycles. The number of nitrogens with two attached hydrogens (primary N) is 1. The first-order valence-corrected chi connectivity index (χ1v) is 9.42. The van der Waals surface area contributed by atoms with Crippen molar-refractivity contribution in [2.24, 2.45) is 11.7 Å². The average Bonchev–Trinajstić information content (AvgIpc) is 3.24. The molecule has 1 aromatic carbocycles. The topological polar surface area (TPSA) is 183 Å². The fraction of sp³-hybridized carbons (Fsp3) is 0.350. The van der Waals surface area contributed by atoms with E-state index in [0.29, 0.717) is 17.9 Å². The van der Waals surface area contributed by atoms with Crippen LogP contribution >= 0.6 is 0 Å². The van der Waals surface area contributed by atoms with Crippen LogP contribution in [0.5, 0.6) is 0 Å². The van der Waals surface area contributed by atoms with Crippen LogP contribution in [-0.2, 0) is 16.0 Å². The Morgan fingerprint density at radius 3 is 2.03 bits per heavy atom. The average molecular weight is 436 g/mol. The van der Waals surface area contributed by atoms with Crippen molar-refractivity contribution in [1.82, 2.24) is 5.32 Å². The zero-order valence-electron chi connectivity index (χ0n) is 17.5. The molecule has 2 rings (SSSR count). The van der Waals surface area contributed by atoms with Crippen molar-refractivity contribution in [3.05, 3.63) is 60.1 Å². The second-order valence-electron chi connectivity index (χ2n) is 6.78. The van der Waals surface area contributed by atoms with E-state index in [9.17, 15) is 14.4 Å². The van der Waals surface area contributed by atoms with Gasteiger partial charge in [0.2, 0.25) is 0 Å². The monoisotopic (exact) mass is 436 g/mol. The smallest absolute Gasteiger partial charge is 0.432 e. The van der Waals surface area contributed by atoms with Crippen molar-refractivity contribution in [3.63, 3.8) is 0 Å². The number of hydrogen-bond acceptors (Lipinski definition) is 7. The Hall–Kier alpha value is -3.15. The van der Waals surface area contributed by atoms with Gasteiger partial charge in [-0.05, 0) is 24.0 Å². The zero-order valence-corrected chi connectivity index (χ0v) is 17.5. The molecule has 0 radical (unpaired) electrons. The number of carbonyl (C=O) groups excluding carboxylic acids is 1. The van der Waals surface area contributed by atoms with Gasteiger partial charge in [-0.2, -0.15) is 0 Å². The Balaban J connectivity index is 0.000000631. The van der Waals surface area contributed by atoms with Crippen LogP contribution in [0.3, 0.4) is 0 Å². The van der Waals surface area contributed by atoms with Gasteiger partial charge in [0.25, 0.3) is 5.91 Å². The number of carbonyl (C=O) groups is 3. The minimum absolute atomic E-state index is 0.236.